The highest BCUT2D eigenvalue weighted by molar-refractivity contribution is 5.86. The van der Waals surface area contributed by atoms with E-state index < -0.39 is 23.4 Å². The maximum absolute atomic E-state index is 13.0. The molecule has 0 amide bonds. The number of carbonyl (C=O) groups is 1. The first kappa shape index (κ1) is 12.3. The third-order valence-corrected chi connectivity index (χ3v) is 2.44. The fourth-order valence-electron chi connectivity index (χ4n) is 1.63. The second-order valence-corrected chi connectivity index (χ2v) is 3.80. The molecule has 0 aromatic heterocycles. The molecule has 0 fully saturated rings. The molecule has 0 saturated heterocycles. The number of nitrogens with one attached hydrogen (secondary N) is 1. The van der Waals surface area contributed by atoms with Crippen molar-refractivity contribution < 1.29 is 23.1 Å². The third kappa shape index (κ3) is 2.39. The van der Waals surface area contributed by atoms with Gasteiger partial charge in [0.05, 0.1) is 6.67 Å². The van der Waals surface area contributed by atoms with Crippen LogP contribution in [0.5, 0.6) is 0 Å². The molecule has 2 rings (SSSR count). The zero-order valence-electron chi connectivity index (χ0n) is 9.08. The second kappa shape index (κ2) is 4.59. The number of hydrogen-bond acceptors (Lipinski definition) is 3. The maximum atomic E-state index is 13.0. The van der Waals surface area contributed by atoms with E-state index in [1.165, 1.54) is 11.1 Å². The van der Waals surface area contributed by atoms with Crippen molar-refractivity contribution in [3.05, 3.63) is 47.0 Å². The highest BCUT2D eigenvalue weighted by atomic mass is 19.2. The minimum absolute atomic E-state index is 0.00180. The largest absolute Gasteiger partial charge is 0.477 e. The van der Waals surface area contributed by atoms with Crippen molar-refractivity contribution in [2.45, 2.75) is 6.54 Å². The van der Waals surface area contributed by atoms with Gasteiger partial charge in [-0.15, -0.1) is 0 Å². The molecule has 1 aromatic carbocycles. The van der Waals surface area contributed by atoms with Crippen LogP contribution < -0.4 is 5.32 Å². The Hall–Kier alpha value is -2.18. The van der Waals surface area contributed by atoms with E-state index in [2.05, 4.69) is 5.32 Å². The Morgan fingerprint density at radius 3 is 2.44 bits per heavy atom. The topological polar surface area (TPSA) is 52.6 Å². The van der Waals surface area contributed by atoms with Crippen molar-refractivity contribution in [3.8, 4) is 0 Å². The normalized spacial score (nSPS) is 14.4. The zero-order valence-corrected chi connectivity index (χ0v) is 9.08. The van der Waals surface area contributed by atoms with Crippen molar-refractivity contribution in [2.75, 3.05) is 6.67 Å². The van der Waals surface area contributed by atoms with Crippen LogP contribution in [0, 0.1) is 17.5 Å². The fourth-order valence-corrected chi connectivity index (χ4v) is 1.63. The summed E-state index contributed by atoms with van der Waals surface area (Å²) >= 11 is 0. The quantitative estimate of drug-likeness (QED) is 0.804. The van der Waals surface area contributed by atoms with Crippen LogP contribution in [0.1, 0.15) is 5.56 Å². The number of halogens is 3. The number of hydrogen-bond donors (Lipinski definition) is 2. The van der Waals surface area contributed by atoms with E-state index in [0.29, 0.717) is 0 Å². The van der Waals surface area contributed by atoms with Gasteiger partial charge in [-0.25, -0.2) is 18.0 Å². The van der Waals surface area contributed by atoms with Gasteiger partial charge < -0.3 is 15.3 Å². The number of nitrogens with zero attached hydrogens (tertiary/aromatic N) is 1. The number of carboxylic acids is 1. The average molecular weight is 258 g/mol. The molecular formula is C11H9F3N2O2. The summed E-state index contributed by atoms with van der Waals surface area (Å²) in [5.74, 6) is -5.16. The van der Waals surface area contributed by atoms with Gasteiger partial charge >= 0.3 is 5.97 Å². The zero-order chi connectivity index (χ0) is 13.3. The summed E-state index contributed by atoms with van der Waals surface area (Å²) in [4.78, 5) is 12.1. The molecule has 7 heteroatoms. The van der Waals surface area contributed by atoms with Crippen LogP contribution in [0.4, 0.5) is 13.2 Å². The summed E-state index contributed by atoms with van der Waals surface area (Å²) in [6.45, 7) is 0.292. The molecule has 0 radical (unpaired) electrons. The van der Waals surface area contributed by atoms with Gasteiger partial charge in [0.1, 0.15) is 5.70 Å². The predicted octanol–water partition coefficient (Wildman–Crippen LogP) is 1.39. The van der Waals surface area contributed by atoms with E-state index in [0.717, 1.165) is 12.1 Å². The fraction of sp³-hybridized carbons (Fsp3) is 0.182. The molecule has 1 aliphatic rings. The number of rotatable bonds is 3. The van der Waals surface area contributed by atoms with Gasteiger partial charge in [0, 0.05) is 12.7 Å². The van der Waals surface area contributed by atoms with Crippen molar-refractivity contribution in [1.82, 2.24) is 10.2 Å². The molecular weight excluding hydrogens is 249 g/mol. The average Bonchev–Trinajstić information content (AvgIpc) is 2.74. The molecule has 0 unspecified atom stereocenters. The lowest BCUT2D eigenvalue weighted by molar-refractivity contribution is -0.132. The first-order valence-corrected chi connectivity index (χ1v) is 5.04. The first-order valence-electron chi connectivity index (χ1n) is 5.04. The molecule has 0 aliphatic carbocycles. The molecule has 2 N–H and O–H groups in total. The van der Waals surface area contributed by atoms with Crippen LogP contribution in [0.25, 0.3) is 0 Å². The summed E-state index contributed by atoms with van der Waals surface area (Å²) in [6.07, 6.45) is 1.32. The summed E-state index contributed by atoms with van der Waals surface area (Å²) in [6, 6.07) is 1.76. The SMILES string of the molecule is O=C(O)C1=CN(Cc2cc(F)c(F)c(F)c2)CN1. The van der Waals surface area contributed by atoms with E-state index in [4.69, 9.17) is 5.11 Å². The van der Waals surface area contributed by atoms with Crippen molar-refractivity contribution in [3.63, 3.8) is 0 Å². The van der Waals surface area contributed by atoms with Gasteiger partial charge in [0.15, 0.2) is 17.5 Å². The number of aliphatic carboxylic acids is 1. The highest BCUT2D eigenvalue weighted by Crippen LogP contribution is 2.16. The van der Waals surface area contributed by atoms with E-state index in [1.54, 1.807) is 0 Å². The highest BCUT2D eigenvalue weighted by Gasteiger charge is 2.18. The van der Waals surface area contributed by atoms with Crippen molar-refractivity contribution >= 4 is 5.97 Å². The van der Waals surface area contributed by atoms with Crippen LogP contribution in [0.3, 0.4) is 0 Å². The Kier molecular flexibility index (Phi) is 3.14. The minimum Gasteiger partial charge on any atom is -0.477 e. The summed E-state index contributed by atoms with van der Waals surface area (Å²) in [5, 5.41) is 11.3. The Labute approximate surface area is 100 Å². The van der Waals surface area contributed by atoms with Crippen LogP contribution in [-0.4, -0.2) is 22.6 Å². The predicted molar refractivity (Wildman–Crippen MR) is 55.6 cm³/mol. The molecule has 4 nitrogen and oxygen atoms in total. The van der Waals surface area contributed by atoms with Gasteiger partial charge in [-0.3, -0.25) is 0 Å². The Morgan fingerprint density at radius 2 is 1.94 bits per heavy atom. The van der Waals surface area contributed by atoms with Crippen LogP contribution in [-0.2, 0) is 11.3 Å². The number of carboxylic acid groups (broad SMARTS) is 1. The Balaban J connectivity index is 2.14. The van der Waals surface area contributed by atoms with Crippen LogP contribution in [0.15, 0.2) is 24.0 Å². The lowest BCUT2D eigenvalue weighted by Gasteiger charge is -2.14. The maximum Gasteiger partial charge on any atom is 0.353 e. The van der Waals surface area contributed by atoms with Gasteiger partial charge in [-0.2, -0.15) is 0 Å². The second-order valence-electron chi connectivity index (χ2n) is 3.80. The summed E-state index contributed by atoms with van der Waals surface area (Å²) in [5.41, 5.74) is 0.217. The summed E-state index contributed by atoms with van der Waals surface area (Å²) < 4.78 is 38.6. The van der Waals surface area contributed by atoms with E-state index in [9.17, 15) is 18.0 Å². The smallest absolute Gasteiger partial charge is 0.353 e. The lowest BCUT2D eigenvalue weighted by atomic mass is 10.2. The van der Waals surface area contributed by atoms with E-state index in [-0.39, 0.29) is 24.5 Å². The molecule has 1 aromatic rings. The Morgan fingerprint density at radius 1 is 1.33 bits per heavy atom. The number of benzene rings is 1. The van der Waals surface area contributed by atoms with Crippen molar-refractivity contribution in [2.24, 2.45) is 0 Å². The lowest BCUT2D eigenvalue weighted by Crippen LogP contribution is -2.22. The Bertz CT molecular complexity index is 508. The van der Waals surface area contributed by atoms with E-state index >= 15 is 0 Å². The van der Waals surface area contributed by atoms with Gasteiger partial charge in [0.2, 0.25) is 0 Å². The molecule has 0 saturated carbocycles. The molecule has 1 heterocycles. The van der Waals surface area contributed by atoms with E-state index in [1.807, 2.05) is 0 Å². The molecule has 1 aliphatic heterocycles. The molecule has 0 bridgehead atoms. The molecule has 0 spiro atoms. The standard InChI is InChI=1S/C11H9F3N2O2/c12-7-1-6(2-8(13)10(7)14)3-16-4-9(11(17)18)15-5-16/h1-2,4,15H,3,5H2,(H,17,18). The van der Waals surface area contributed by atoms with Crippen molar-refractivity contribution in [1.29, 1.82) is 0 Å². The molecule has 18 heavy (non-hydrogen) atoms. The molecule has 0 atom stereocenters. The monoisotopic (exact) mass is 258 g/mol. The van der Waals surface area contributed by atoms with Gasteiger partial charge in [-0.1, -0.05) is 0 Å². The first-order chi connectivity index (χ1) is 8.47. The van der Waals surface area contributed by atoms with Gasteiger partial charge in [0.25, 0.3) is 0 Å². The van der Waals surface area contributed by atoms with Crippen LogP contribution >= 0.6 is 0 Å². The van der Waals surface area contributed by atoms with Gasteiger partial charge in [-0.05, 0) is 17.7 Å². The van der Waals surface area contributed by atoms with Crippen LogP contribution in [0.2, 0.25) is 0 Å². The minimum atomic E-state index is -1.51. The molecule has 96 valence electrons. The third-order valence-electron chi connectivity index (χ3n) is 2.44. The summed E-state index contributed by atoms with van der Waals surface area (Å²) in [7, 11) is 0.